The van der Waals surface area contributed by atoms with Gasteiger partial charge in [-0.05, 0) is 123 Å². The number of phenolic OH excluding ortho intramolecular Hbond substituents is 1. The average molecular weight is 595 g/mol. The fraction of sp³-hybridized carbons (Fsp3) is 0.722. The van der Waals surface area contributed by atoms with Crippen molar-refractivity contribution < 1.29 is 34.4 Å². The standard InChI is InChI=1S/C36H50O7/c1-31(2)19-20-36(29(39)40)18-13-24-32(3)16-12-26-34(5,43-30(41)42-23-9-7-22(37)8-10-23)17-14-28(38)35(26,6)25(32)11-15-33(24,4)27(36)21-31/h7-10,13,25-28,37-38H,11-12,14-21H2,1-6H3,(H,39,40)/t25-,26-,27-,28+,32-,33+,34-,35+,36+/m0/s1. The molecule has 0 unspecified atom stereocenters. The zero-order chi connectivity index (χ0) is 31.2. The molecule has 236 valence electrons. The topological polar surface area (TPSA) is 113 Å². The molecule has 0 amide bonds. The van der Waals surface area contributed by atoms with Crippen LogP contribution >= 0.6 is 0 Å². The lowest BCUT2D eigenvalue weighted by molar-refractivity contribution is -0.227. The van der Waals surface area contributed by atoms with Gasteiger partial charge in [-0.15, -0.1) is 0 Å². The van der Waals surface area contributed by atoms with Crippen molar-refractivity contribution in [3.8, 4) is 11.5 Å². The van der Waals surface area contributed by atoms with Gasteiger partial charge in [-0.1, -0.05) is 46.3 Å². The van der Waals surface area contributed by atoms with E-state index in [-0.39, 0.29) is 39.7 Å². The van der Waals surface area contributed by atoms with Crippen molar-refractivity contribution in [3.63, 3.8) is 0 Å². The zero-order valence-corrected chi connectivity index (χ0v) is 26.7. The Balaban J connectivity index is 1.32. The Bertz CT molecular complexity index is 1330. The largest absolute Gasteiger partial charge is 0.514 e. The first-order valence-corrected chi connectivity index (χ1v) is 16.3. The summed E-state index contributed by atoms with van der Waals surface area (Å²) in [5, 5.41) is 32.0. The van der Waals surface area contributed by atoms with E-state index >= 15 is 0 Å². The highest BCUT2D eigenvalue weighted by atomic mass is 16.7. The minimum atomic E-state index is -0.795. The Kier molecular flexibility index (Phi) is 6.90. The number of rotatable bonds is 3. The van der Waals surface area contributed by atoms with Gasteiger partial charge in [0.2, 0.25) is 0 Å². The van der Waals surface area contributed by atoms with E-state index in [9.17, 15) is 24.9 Å². The predicted octanol–water partition coefficient (Wildman–Crippen LogP) is 7.89. The molecule has 0 radical (unpaired) electrons. The van der Waals surface area contributed by atoms with E-state index in [1.807, 2.05) is 6.92 Å². The second-order valence-electron chi connectivity index (χ2n) is 16.4. The third-order valence-electron chi connectivity index (χ3n) is 13.7. The third-order valence-corrected chi connectivity index (χ3v) is 13.7. The molecule has 0 aromatic heterocycles. The number of ether oxygens (including phenoxy) is 2. The van der Waals surface area contributed by atoms with Gasteiger partial charge in [0.05, 0.1) is 11.5 Å². The number of carboxylic acid groups (broad SMARTS) is 1. The molecule has 0 saturated heterocycles. The number of carbonyl (C=O) groups is 2. The van der Waals surface area contributed by atoms with Crippen molar-refractivity contribution in [1.82, 2.24) is 0 Å². The van der Waals surface area contributed by atoms with Crippen LogP contribution in [-0.4, -0.2) is 39.1 Å². The molecule has 7 heteroatoms. The smallest absolute Gasteiger partial charge is 0.508 e. The summed E-state index contributed by atoms with van der Waals surface area (Å²) < 4.78 is 11.6. The molecule has 4 fully saturated rings. The summed E-state index contributed by atoms with van der Waals surface area (Å²) in [5.41, 5.74) is -0.809. The van der Waals surface area contributed by atoms with Crippen LogP contribution in [0.2, 0.25) is 0 Å². The molecular formula is C36H50O7. The summed E-state index contributed by atoms with van der Waals surface area (Å²) >= 11 is 0. The fourth-order valence-electron chi connectivity index (χ4n) is 11.4. The normalized spacial score (nSPS) is 44.9. The van der Waals surface area contributed by atoms with Crippen LogP contribution in [0.3, 0.4) is 0 Å². The molecule has 0 heterocycles. The van der Waals surface area contributed by atoms with Crippen LogP contribution in [0.1, 0.15) is 106 Å². The zero-order valence-electron chi connectivity index (χ0n) is 26.7. The number of aliphatic carboxylic acids is 1. The van der Waals surface area contributed by atoms with Crippen molar-refractivity contribution >= 4 is 12.1 Å². The summed E-state index contributed by atoms with van der Waals surface area (Å²) in [6, 6.07) is 5.99. The van der Waals surface area contributed by atoms with Gasteiger partial charge < -0.3 is 24.8 Å². The summed E-state index contributed by atoms with van der Waals surface area (Å²) in [5.74, 6) is -0.0213. The predicted molar refractivity (Wildman–Crippen MR) is 163 cm³/mol. The van der Waals surface area contributed by atoms with E-state index < -0.39 is 34.7 Å². The van der Waals surface area contributed by atoms with Crippen LogP contribution in [0, 0.1) is 44.8 Å². The lowest BCUT2D eigenvalue weighted by Gasteiger charge is -2.70. The molecule has 0 aliphatic heterocycles. The van der Waals surface area contributed by atoms with Gasteiger partial charge in [0, 0.05) is 11.3 Å². The van der Waals surface area contributed by atoms with Crippen LogP contribution in [0.25, 0.3) is 0 Å². The van der Waals surface area contributed by atoms with Crippen molar-refractivity contribution in [2.45, 2.75) is 117 Å². The number of carbonyl (C=O) groups excluding carboxylic acids is 1. The molecule has 5 aliphatic rings. The summed E-state index contributed by atoms with van der Waals surface area (Å²) in [6.07, 6.45) is 8.84. The maximum Gasteiger partial charge on any atom is 0.514 e. The monoisotopic (exact) mass is 594 g/mol. The molecule has 43 heavy (non-hydrogen) atoms. The molecule has 4 saturated carbocycles. The summed E-state index contributed by atoms with van der Waals surface area (Å²) in [6.45, 7) is 13.5. The van der Waals surface area contributed by atoms with E-state index in [1.54, 1.807) is 0 Å². The molecular weight excluding hydrogens is 544 g/mol. The first-order chi connectivity index (χ1) is 20.0. The Morgan fingerprint density at radius 2 is 1.44 bits per heavy atom. The highest BCUT2D eigenvalue weighted by Gasteiger charge is 2.70. The molecule has 7 nitrogen and oxygen atoms in total. The fourth-order valence-corrected chi connectivity index (χ4v) is 11.4. The van der Waals surface area contributed by atoms with Crippen molar-refractivity contribution in [3.05, 3.63) is 35.9 Å². The van der Waals surface area contributed by atoms with Gasteiger partial charge in [0.1, 0.15) is 17.1 Å². The van der Waals surface area contributed by atoms with Crippen LogP contribution in [0.5, 0.6) is 11.5 Å². The van der Waals surface area contributed by atoms with E-state index in [1.165, 1.54) is 29.8 Å². The molecule has 6 rings (SSSR count). The van der Waals surface area contributed by atoms with Gasteiger partial charge in [-0.2, -0.15) is 0 Å². The SMILES string of the molecule is CC1(C)CC[C@]2(C(=O)O)CC=C3[C@]4(C)CC[C@@H]5[C@](C)([C@H](O)CC[C@]5(C)OC(=O)Oc5ccc(O)cc5)[C@H]4CC[C@@]3(C)[C@@H]2C1. The van der Waals surface area contributed by atoms with Crippen LogP contribution in [0.4, 0.5) is 4.79 Å². The van der Waals surface area contributed by atoms with Crippen LogP contribution < -0.4 is 4.74 Å². The highest BCUT2D eigenvalue weighted by molar-refractivity contribution is 5.76. The van der Waals surface area contributed by atoms with E-state index in [0.29, 0.717) is 25.0 Å². The number of carboxylic acids is 1. The number of aromatic hydroxyl groups is 1. The van der Waals surface area contributed by atoms with E-state index in [0.717, 1.165) is 44.9 Å². The number of benzene rings is 1. The molecule has 3 N–H and O–H groups in total. The second kappa shape index (κ2) is 9.73. The van der Waals surface area contributed by atoms with E-state index in [2.05, 4.69) is 40.7 Å². The van der Waals surface area contributed by atoms with Crippen molar-refractivity contribution in [1.29, 1.82) is 0 Å². The van der Waals surface area contributed by atoms with Crippen LogP contribution in [0.15, 0.2) is 35.9 Å². The maximum absolute atomic E-state index is 13.1. The van der Waals surface area contributed by atoms with Gasteiger partial charge in [-0.3, -0.25) is 4.79 Å². The molecule has 1 aromatic carbocycles. The van der Waals surface area contributed by atoms with Crippen molar-refractivity contribution in [2.75, 3.05) is 0 Å². The van der Waals surface area contributed by atoms with Crippen molar-refractivity contribution in [2.24, 2.45) is 44.8 Å². The Morgan fingerprint density at radius 1 is 0.814 bits per heavy atom. The Hall–Kier alpha value is -2.54. The maximum atomic E-state index is 13.1. The van der Waals surface area contributed by atoms with E-state index in [4.69, 9.17) is 9.47 Å². The Morgan fingerprint density at radius 3 is 2.09 bits per heavy atom. The Labute approximate surface area is 256 Å². The number of fused-ring (bicyclic) bond motifs is 7. The van der Waals surface area contributed by atoms with Gasteiger partial charge >= 0.3 is 12.1 Å². The molecule has 1 aromatic rings. The number of hydrogen-bond acceptors (Lipinski definition) is 6. The van der Waals surface area contributed by atoms with Crippen LogP contribution in [-0.2, 0) is 9.53 Å². The minimum absolute atomic E-state index is 0.0468. The third kappa shape index (κ3) is 4.38. The number of aliphatic hydroxyl groups is 1. The number of allylic oxidation sites excluding steroid dienone is 2. The lowest BCUT2D eigenvalue weighted by Crippen LogP contribution is -2.67. The first kappa shape index (κ1) is 30.5. The lowest BCUT2D eigenvalue weighted by atomic mass is 9.35. The number of aliphatic hydroxyl groups excluding tert-OH is 1. The summed E-state index contributed by atoms with van der Waals surface area (Å²) in [4.78, 5) is 26.0. The quantitative estimate of drug-likeness (QED) is 0.185. The highest BCUT2D eigenvalue weighted by Crippen LogP contribution is 2.74. The molecule has 0 bridgehead atoms. The van der Waals surface area contributed by atoms with Gasteiger partial charge in [-0.25, -0.2) is 4.79 Å². The number of hydrogen-bond donors (Lipinski definition) is 3. The molecule has 0 spiro atoms. The molecule has 5 aliphatic carbocycles. The second-order valence-corrected chi connectivity index (χ2v) is 16.4. The van der Waals surface area contributed by atoms with Gasteiger partial charge in [0.25, 0.3) is 0 Å². The average Bonchev–Trinajstić information content (AvgIpc) is 2.92. The van der Waals surface area contributed by atoms with Gasteiger partial charge in [0.15, 0.2) is 0 Å². The first-order valence-electron chi connectivity index (χ1n) is 16.3. The summed E-state index contributed by atoms with van der Waals surface area (Å²) in [7, 11) is 0. The molecule has 9 atom stereocenters. The minimum Gasteiger partial charge on any atom is -0.508 e. The number of phenols is 1.